The monoisotopic (exact) mass is 269 g/mol. The van der Waals surface area contributed by atoms with Crippen molar-refractivity contribution < 1.29 is 13.5 Å². The molecule has 1 aliphatic rings. The van der Waals surface area contributed by atoms with Crippen LogP contribution in [-0.4, -0.2) is 38.6 Å². The smallest absolute Gasteiger partial charge is 0.149 e. The standard InChI is InChI=1S/C13H19NO3S/c1-18(16,17)10-9-14-8-4-7-13(15)11-5-2-3-6-12(11)14/h2-3,5-6,13,15H,4,7-10H2,1H3. The van der Waals surface area contributed by atoms with Crippen molar-refractivity contribution in [2.45, 2.75) is 18.9 Å². The minimum Gasteiger partial charge on any atom is -0.388 e. The van der Waals surface area contributed by atoms with E-state index in [2.05, 4.69) is 4.90 Å². The summed E-state index contributed by atoms with van der Waals surface area (Å²) < 4.78 is 22.5. The van der Waals surface area contributed by atoms with Crippen LogP contribution >= 0.6 is 0 Å². The van der Waals surface area contributed by atoms with Gasteiger partial charge in [-0.2, -0.15) is 0 Å². The molecule has 0 fully saturated rings. The highest BCUT2D eigenvalue weighted by atomic mass is 32.2. The number of nitrogens with zero attached hydrogens (tertiary/aromatic N) is 1. The molecule has 0 spiro atoms. The summed E-state index contributed by atoms with van der Waals surface area (Å²) in [4.78, 5) is 2.06. The van der Waals surface area contributed by atoms with Crippen LogP contribution in [0.25, 0.3) is 0 Å². The van der Waals surface area contributed by atoms with Crippen molar-refractivity contribution >= 4 is 15.5 Å². The lowest BCUT2D eigenvalue weighted by Gasteiger charge is -2.24. The molecule has 1 unspecified atom stereocenters. The molecule has 0 saturated carbocycles. The van der Waals surface area contributed by atoms with E-state index < -0.39 is 15.9 Å². The number of aliphatic hydroxyl groups excluding tert-OH is 1. The van der Waals surface area contributed by atoms with Crippen LogP contribution in [-0.2, 0) is 9.84 Å². The average molecular weight is 269 g/mol. The van der Waals surface area contributed by atoms with Gasteiger partial charge in [-0.25, -0.2) is 8.42 Å². The zero-order chi connectivity index (χ0) is 13.2. The van der Waals surface area contributed by atoms with Gasteiger partial charge in [0.25, 0.3) is 0 Å². The minimum absolute atomic E-state index is 0.150. The van der Waals surface area contributed by atoms with Crippen LogP contribution in [0.4, 0.5) is 5.69 Å². The Labute approximate surface area is 108 Å². The predicted molar refractivity (Wildman–Crippen MR) is 72.6 cm³/mol. The maximum atomic E-state index is 11.3. The maximum absolute atomic E-state index is 11.3. The normalized spacial score (nSPS) is 20.3. The summed E-state index contributed by atoms with van der Waals surface area (Å²) in [6.07, 6.45) is 2.42. The highest BCUT2D eigenvalue weighted by Crippen LogP contribution is 2.32. The second-order valence-electron chi connectivity index (χ2n) is 4.83. The predicted octanol–water partition coefficient (Wildman–Crippen LogP) is 1.36. The molecule has 5 heteroatoms. The molecule has 4 nitrogen and oxygen atoms in total. The highest BCUT2D eigenvalue weighted by molar-refractivity contribution is 7.90. The second-order valence-corrected chi connectivity index (χ2v) is 7.09. The first kappa shape index (κ1) is 13.4. The van der Waals surface area contributed by atoms with Crippen LogP contribution in [0.3, 0.4) is 0 Å². The number of benzene rings is 1. The Bertz CT molecular complexity index is 513. The lowest BCUT2D eigenvalue weighted by molar-refractivity contribution is 0.168. The summed E-state index contributed by atoms with van der Waals surface area (Å²) in [5.74, 6) is 0.150. The molecule has 0 bridgehead atoms. The summed E-state index contributed by atoms with van der Waals surface area (Å²) >= 11 is 0. The Hall–Kier alpha value is -1.07. The molecular weight excluding hydrogens is 250 g/mol. The van der Waals surface area contributed by atoms with E-state index in [1.165, 1.54) is 6.26 Å². The fourth-order valence-corrected chi connectivity index (χ4v) is 2.87. The molecule has 0 amide bonds. The zero-order valence-corrected chi connectivity index (χ0v) is 11.4. The SMILES string of the molecule is CS(=O)(=O)CCN1CCCC(O)c2ccccc21. The van der Waals surface area contributed by atoms with Crippen molar-refractivity contribution in [2.24, 2.45) is 0 Å². The van der Waals surface area contributed by atoms with E-state index >= 15 is 0 Å². The number of para-hydroxylation sites is 1. The van der Waals surface area contributed by atoms with Crippen molar-refractivity contribution in [3.8, 4) is 0 Å². The first-order valence-corrected chi connectivity index (χ1v) is 8.23. The maximum Gasteiger partial charge on any atom is 0.149 e. The van der Waals surface area contributed by atoms with Gasteiger partial charge in [0, 0.05) is 30.6 Å². The Morgan fingerprint density at radius 3 is 2.83 bits per heavy atom. The quantitative estimate of drug-likeness (QED) is 0.900. The largest absolute Gasteiger partial charge is 0.388 e. The van der Waals surface area contributed by atoms with E-state index in [0.29, 0.717) is 6.54 Å². The number of hydrogen-bond acceptors (Lipinski definition) is 4. The number of aliphatic hydroxyl groups is 1. The van der Waals surface area contributed by atoms with Crippen LogP contribution in [0.1, 0.15) is 24.5 Å². The average Bonchev–Trinajstić information content (AvgIpc) is 2.46. The van der Waals surface area contributed by atoms with Gasteiger partial charge in [0.05, 0.1) is 11.9 Å². The van der Waals surface area contributed by atoms with Gasteiger partial charge in [0.15, 0.2) is 0 Å². The van der Waals surface area contributed by atoms with Gasteiger partial charge in [0.1, 0.15) is 9.84 Å². The number of hydrogen-bond donors (Lipinski definition) is 1. The topological polar surface area (TPSA) is 57.6 Å². The molecule has 0 aromatic heterocycles. The molecule has 0 aliphatic carbocycles. The lowest BCUT2D eigenvalue weighted by atomic mass is 10.0. The Morgan fingerprint density at radius 2 is 2.11 bits per heavy atom. The Kier molecular flexibility index (Phi) is 3.92. The Morgan fingerprint density at radius 1 is 1.39 bits per heavy atom. The van der Waals surface area contributed by atoms with Crippen LogP contribution in [0, 0.1) is 0 Å². The first-order valence-electron chi connectivity index (χ1n) is 6.17. The van der Waals surface area contributed by atoms with Gasteiger partial charge >= 0.3 is 0 Å². The van der Waals surface area contributed by atoms with Gasteiger partial charge in [-0.05, 0) is 18.9 Å². The van der Waals surface area contributed by atoms with Crippen LogP contribution < -0.4 is 4.90 Å². The van der Waals surface area contributed by atoms with Crippen LogP contribution in [0.15, 0.2) is 24.3 Å². The molecule has 100 valence electrons. The second kappa shape index (κ2) is 5.28. The van der Waals surface area contributed by atoms with Crippen LogP contribution in [0.5, 0.6) is 0 Å². The molecule has 0 radical (unpaired) electrons. The van der Waals surface area contributed by atoms with Crippen molar-refractivity contribution in [2.75, 3.05) is 30.0 Å². The van der Waals surface area contributed by atoms with E-state index in [0.717, 1.165) is 30.6 Å². The Balaban J connectivity index is 2.23. The third kappa shape index (κ3) is 3.23. The van der Waals surface area contributed by atoms with E-state index in [4.69, 9.17) is 0 Å². The molecule has 1 heterocycles. The van der Waals surface area contributed by atoms with Gasteiger partial charge < -0.3 is 10.0 Å². The van der Waals surface area contributed by atoms with E-state index in [-0.39, 0.29) is 5.75 Å². The molecule has 1 aliphatic heterocycles. The molecule has 1 aromatic rings. The van der Waals surface area contributed by atoms with E-state index in [9.17, 15) is 13.5 Å². The van der Waals surface area contributed by atoms with Crippen molar-refractivity contribution in [1.82, 2.24) is 0 Å². The molecular formula is C13H19NO3S. The number of anilines is 1. The molecule has 0 saturated heterocycles. The van der Waals surface area contributed by atoms with E-state index in [1.807, 2.05) is 24.3 Å². The lowest BCUT2D eigenvalue weighted by Crippen LogP contribution is -2.29. The summed E-state index contributed by atoms with van der Waals surface area (Å²) in [6, 6.07) is 7.69. The molecule has 1 atom stereocenters. The fraction of sp³-hybridized carbons (Fsp3) is 0.538. The number of sulfone groups is 1. The van der Waals surface area contributed by atoms with Gasteiger partial charge in [0.2, 0.25) is 0 Å². The number of rotatable bonds is 3. The van der Waals surface area contributed by atoms with Crippen molar-refractivity contribution in [1.29, 1.82) is 0 Å². The molecule has 2 rings (SSSR count). The summed E-state index contributed by atoms with van der Waals surface area (Å²) in [5, 5.41) is 10.0. The van der Waals surface area contributed by atoms with Gasteiger partial charge in [-0.3, -0.25) is 0 Å². The van der Waals surface area contributed by atoms with Crippen molar-refractivity contribution in [3.63, 3.8) is 0 Å². The molecule has 18 heavy (non-hydrogen) atoms. The highest BCUT2D eigenvalue weighted by Gasteiger charge is 2.21. The summed E-state index contributed by atoms with van der Waals surface area (Å²) in [7, 11) is -2.96. The fourth-order valence-electron chi connectivity index (χ4n) is 2.32. The third-order valence-electron chi connectivity index (χ3n) is 3.27. The number of fused-ring (bicyclic) bond motifs is 1. The molecule has 1 N–H and O–H groups in total. The van der Waals surface area contributed by atoms with Crippen LogP contribution in [0.2, 0.25) is 0 Å². The zero-order valence-electron chi connectivity index (χ0n) is 10.5. The summed E-state index contributed by atoms with van der Waals surface area (Å²) in [6.45, 7) is 1.28. The first-order chi connectivity index (χ1) is 8.47. The van der Waals surface area contributed by atoms with E-state index in [1.54, 1.807) is 0 Å². The minimum atomic E-state index is -2.96. The van der Waals surface area contributed by atoms with Gasteiger partial charge in [-0.1, -0.05) is 18.2 Å². The third-order valence-corrected chi connectivity index (χ3v) is 4.20. The van der Waals surface area contributed by atoms with Crippen molar-refractivity contribution in [3.05, 3.63) is 29.8 Å². The summed E-state index contributed by atoms with van der Waals surface area (Å²) in [5.41, 5.74) is 1.87. The van der Waals surface area contributed by atoms with Gasteiger partial charge in [-0.15, -0.1) is 0 Å². The molecule has 1 aromatic carbocycles.